The molecule has 0 aliphatic carbocycles. The summed E-state index contributed by atoms with van der Waals surface area (Å²) in [5.41, 5.74) is 7.40. The van der Waals surface area contributed by atoms with Gasteiger partial charge in [0.15, 0.2) is 5.84 Å². The molecule has 1 aliphatic heterocycles. The lowest BCUT2D eigenvalue weighted by molar-refractivity contribution is 0.318. The smallest absolute Gasteiger partial charge is 0.172 e. The number of aromatic nitrogens is 1. The molecule has 18 heavy (non-hydrogen) atoms. The van der Waals surface area contributed by atoms with Crippen molar-refractivity contribution >= 4 is 11.5 Å². The zero-order valence-corrected chi connectivity index (χ0v) is 10.9. The fourth-order valence-corrected chi connectivity index (χ4v) is 2.46. The molecule has 1 fully saturated rings. The van der Waals surface area contributed by atoms with E-state index in [9.17, 15) is 0 Å². The number of oxime groups is 1. The van der Waals surface area contributed by atoms with Gasteiger partial charge >= 0.3 is 0 Å². The summed E-state index contributed by atoms with van der Waals surface area (Å²) in [6, 6.07) is 1.78. The number of hydrogen-bond acceptors (Lipinski definition) is 4. The summed E-state index contributed by atoms with van der Waals surface area (Å²) in [5, 5.41) is 11.9. The van der Waals surface area contributed by atoms with Gasteiger partial charge < -0.3 is 15.8 Å². The van der Waals surface area contributed by atoms with Gasteiger partial charge in [0, 0.05) is 24.8 Å². The van der Waals surface area contributed by atoms with Crippen molar-refractivity contribution < 1.29 is 5.21 Å². The maximum atomic E-state index is 8.82. The van der Waals surface area contributed by atoms with Crippen LogP contribution in [-0.2, 0) is 0 Å². The topological polar surface area (TPSA) is 74.7 Å². The first-order valence-electron chi connectivity index (χ1n) is 6.30. The van der Waals surface area contributed by atoms with Gasteiger partial charge in [-0.15, -0.1) is 0 Å². The quantitative estimate of drug-likeness (QED) is 0.369. The monoisotopic (exact) mass is 248 g/mol. The molecule has 1 unspecified atom stereocenters. The zero-order valence-electron chi connectivity index (χ0n) is 10.9. The minimum Gasteiger partial charge on any atom is -0.409 e. The molecule has 5 nitrogen and oxygen atoms in total. The summed E-state index contributed by atoms with van der Waals surface area (Å²) < 4.78 is 0. The third kappa shape index (κ3) is 2.39. The van der Waals surface area contributed by atoms with Gasteiger partial charge in [-0.3, -0.25) is 4.98 Å². The second-order valence-electron chi connectivity index (χ2n) is 5.12. The summed E-state index contributed by atoms with van der Waals surface area (Å²) in [4.78, 5) is 6.41. The highest BCUT2D eigenvalue weighted by Gasteiger charge is 2.26. The van der Waals surface area contributed by atoms with Crippen LogP contribution in [0.3, 0.4) is 0 Å². The van der Waals surface area contributed by atoms with Gasteiger partial charge in [0.2, 0.25) is 0 Å². The van der Waals surface area contributed by atoms with Gasteiger partial charge in [-0.05, 0) is 24.3 Å². The Morgan fingerprint density at radius 2 is 2.39 bits per heavy atom. The third-order valence-electron chi connectivity index (χ3n) is 3.69. The number of hydrogen-bond donors (Lipinski definition) is 2. The van der Waals surface area contributed by atoms with Crippen molar-refractivity contribution in [3.05, 3.63) is 24.0 Å². The van der Waals surface area contributed by atoms with Gasteiger partial charge in [0.25, 0.3) is 0 Å². The van der Waals surface area contributed by atoms with Crippen molar-refractivity contribution in [1.82, 2.24) is 4.98 Å². The van der Waals surface area contributed by atoms with E-state index >= 15 is 0 Å². The second-order valence-corrected chi connectivity index (χ2v) is 5.12. The van der Waals surface area contributed by atoms with E-state index in [0.29, 0.717) is 11.8 Å². The molecule has 1 atom stereocenters. The number of pyridine rings is 1. The molecule has 1 aromatic rings. The van der Waals surface area contributed by atoms with Crippen LogP contribution < -0.4 is 10.6 Å². The fourth-order valence-electron chi connectivity index (χ4n) is 2.46. The molecule has 1 aromatic heterocycles. The van der Waals surface area contributed by atoms with Crippen LogP contribution in [0.2, 0.25) is 0 Å². The van der Waals surface area contributed by atoms with Crippen molar-refractivity contribution in [2.45, 2.75) is 20.3 Å². The van der Waals surface area contributed by atoms with E-state index < -0.39 is 0 Å². The number of amidine groups is 1. The van der Waals surface area contributed by atoms with Crippen LogP contribution in [0.15, 0.2) is 23.6 Å². The van der Waals surface area contributed by atoms with Crippen LogP contribution in [0, 0.1) is 11.8 Å². The number of nitrogens with zero attached hydrogens (tertiary/aromatic N) is 3. The van der Waals surface area contributed by atoms with E-state index in [1.165, 1.54) is 6.42 Å². The van der Waals surface area contributed by atoms with E-state index in [2.05, 4.69) is 28.9 Å². The van der Waals surface area contributed by atoms with E-state index in [4.69, 9.17) is 10.9 Å². The minimum absolute atomic E-state index is 0.139. The summed E-state index contributed by atoms with van der Waals surface area (Å²) in [5.74, 6) is 1.52. The molecule has 1 saturated heterocycles. The molecule has 5 heteroatoms. The lowest BCUT2D eigenvalue weighted by Crippen LogP contribution is -2.25. The van der Waals surface area contributed by atoms with Crippen LogP contribution in [0.5, 0.6) is 0 Å². The first-order valence-corrected chi connectivity index (χ1v) is 6.30. The van der Waals surface area contributed by atoms with Crippen LogP contribution >= 0.6 is 0 Å². The summed E-state index contributed by atoms with van der Waals surface area (Å²) >= 11 is 0. The fraction of sp³-hybridized carbons (Fsp3) is 0.538. The Morgan fingerprint density at radius 3 is 3.00 bits per heavy atom. The molecule has 0 saturated carbocycles. The molecule has 2 rings (SSSR count). The highest BCUT2D eigenvalue weighted by molar-refractivity contribution is 6.02. The molecule has 3 N–H and O–H groups in total. The summed E-state index contributed by atoms with van der Waals surface area (Å²) in [6.07, 6.45) is 4.63. The highest BCUT2D eigenvalue weighted by Crippen LogP contribution is 2.29. The summed E-state index contributed by atoms with van der Waals surface area (Å²) in [7, 11) is 0. The maximum Gasteiger partial charge on any atom is 0.172 e. The Labute approximate surface area is 107 Å². The molecule has 0 bridgehead atoms. The van der Waals surface area contributed by atoms with E-state index in [-0.39, 0.29) is 5.84 Å². The average Bonchev–Trinajstić information content (AvgIpc) is 2.87. The molecule has 0 amide bonds. The van der Waals surface area contributed by atoms with Crippen molar-refractivity contribution in [2.24, 2.45) is 22.7 Å². The van der Waals surface area contributed by atoms with Crippen molar-refractivity contribution in [3.8, 4) is 0 Å². The first kappa shape index (κ1) is 12.7. The summed E-state index contributed by atoms with van der Waals surface area (Å²) in [6.45, 7) is 6.51. The molecule has 98 valence electrons. The molecule has 2 heterocycles. The van der Waals surface area contributed by atoms with Gasteiger partial charge in [-0.2, -0.15) is 0 Å². The van der Waals surface area contributed by atoms with Crippen molar-refractivity contribution in [2.75, 3.05) is 18.0 Å². The van der Waals surface area contributed by atoms with Crippen LogP contribution in [0.25, 0.3) is 0 Å². The normalized spacial score (nSPS) is 20.7. The second kappa shape index (κ2) is 5.25. The van der Waals surface area contributed by atoms with Crippen LogP contribution in [-0.4, -0.2) is 29.1 Å². The van der Waals surface area contributed by atoms with Gasteiger partial charge in [0.1, 0.15) is 0 Å². The number of nitrogens with two attached hydrogens (primary N) is 1. The lowest BCUT2D eigenvalue weighted by Gasteiger charge is -2.22. The molecular formula is C13H20N4O. The van der Waals surface area contributed by atoms with Gasteiger partial charge in [0.05, 0.1) is 11.9 Å². The van der Waals surface area contributed by atoms with E-state index in [1.54, 1.807) is 18.5 Å². The molecular weight excluding hydrogens is 228 g/mol. The Bertz CT molecular complexity index is 444. The number of rotatable bonds is 3. The largest absolute Gasteiger partial charge is 0.409 e. The maximum absolute atomic E-state index is 8.82. The third-order valence-corrected chi connectivity index (χ3v) is 3.69. The van der Waals surface area contributed by atoms with E-state index in [1.807, 2.05) is 0 Å². The van der Waals surface area contributed by atoms with Gasteiger partial charge in [-0.25, -0.2) is 0 Å². The van der Waals surface area contributed by atoms with Gasteiger partial charge in [-0.1, -0.05) is 19.0 Å². The SMILES string of the molecule is CC(C)C1CCN(c2cnccc2/C(N)=N/O)C1. The predicted molar refractivity (Wildman–Crippen MR) is 71.9 cm³/mol. The number of anilines is 1. The van der Waals surface area contributed by atoms with Crippen molar-refractivity contribution in [1.29, 1.82) is 0 Å². The van der Waals surface area contributed by atoms with Crippen LogP contribution in [0.1, 0.15) is 25.8 Å². The van der Waals surface area contributed by atoms with E-state index in [0.717, 1.165) is 24.3 Å². The highest BCUT2D eigenvalue weighted by atomic mass is 16.4. The Hall–Kier alpha value is -1.78. The average molecular weight is 248 g/mol. The molecule has 0 spiro atoms. The molecule has 0 aromatic carbocycles. The Balaban J connectivity index is 2.25. The van der Waals surface area contributed by atoms with Crippen LogP contribution in [0.4, 0.5) is 5.69 Å². The molecule has 1 aliphatic rings. The lowest BCUT2D eigenvalue weighted by atomic mass is 9.95. The minimum atomic E-state index is 0.139. The Kier molecular flexibility index (Phi) is 3.69. The molecule has 0 radical (unpaired) electrons. The first-order chi connectivity index (χ1) is 8.63. The Morgan fingerprint density at radius 1 is 1.61 bits per heavy atom. The predicted octanol–water partition coefficient (Wildman–Crippen LogP) is 1.66. The van der Waals surface area contributed by atoms with Crippen molar-refractivity contribution in [3.63, 3.8) is 0 Å². The zero-order chi connectivity index (χ0) is 13.1. The standard InChI is InChI=1S/C13H20N4O/c1-9(2)10-4-6-17(8-10)12-7-15-5-3-11(12)13(14)16-18/h3,5,7,9-10,18H,4,6,8H2,1-2H3,(H2,14,16).